The van der Waals surface area contributed by atoms with E-state index in [0.29, 0.717) is 6.04 Å². The summed E-state index contributed by atoms with van der Waals surface area (Å²) in [6.45, 7) is 5.07. The van der Waals surface area contributed by atoms with E-state index in [4.69, 9.17) is 5.26 Å². The predicted octanol–water partition coefficient (Wildman–Crippen LogP) is 1.77. The van der Waals surface area contributed by atoms with Crippen molar-refractivity contribution in [3.8, 4) is 6.07 Å². The SMILES string of the molecule is CCCC(C#N)C1(O)CCN(C)C(C)C1. The lowest BCUT2D eigenvalue weighted by Crippen LogP contribution is -2.51. The molecule has 0 aromatic carbocycles. The molecule has 3 heteroatoms. The summed E-state index contributed by atoms with van der Waals surface area (Å²) in [5.74, 6) is -0.196. The van der Waals surface area contributed by atoms with Gasteiger partial charge in [0, 0.05) is 12.6 Å². The van der Waals surface area contributed by atoms with Gasteiger partial charge in [-0.25, -0.2) is 0 Å². The minimum absolute atomic E-state index is 0.196. The zero-order valence-corrected chi connectivity index (χ0v) is 10.0. The monoisotopic (exact) mass is 210 g/mol. The maximum atomic E-state index is 10.5. The molecule has 0 aliphatic carbocycles. The predicted molar refractivity (Wildman–Crippen MR) is 60.3 cm³/mol. The lowest BCUT2D eigenvalue weighted by molar-refractivity contribution is -0.0658. The molecule has 0 aromatic rings. The fourth-order valence-corrected chi connectivity index (χ4v) is 2.42. The van der Waals surface area contributed by atoms with E-state index in [2.05, 4.69) is 31.9 Å². The zero-order chi connectivity index (χ0) is 11.5. The number of nitrogens with zero attached hydrogens (tertiary/aromatic N) is 2. The summed E-state index contributed by atoms with van der Waals surface area (Å²) in [4.78, 5) is 2.24. The smallest absolute Gasteiger partial charge is 0.0832 e. The summed E-state index contributed by atoms with van der Waals surface area (Å²) in [6.07, 6.45) is 3.22. The summed E-state index contributed by atoms with van der Waals surface area (Å²) in [5.41, 5.74) is -0.753. The van der Waals surface area contributed by atoms with E-state index in [0.717, 1.165) is 32.2 Å². The van der Waals surface area contributed by atoms with E-state index in [1.165, 1.54) is 0 Å². The number of rotatable bonds is 3. The highest BCUT2D eigenvalue weighted by molar-refractivity contribution is 5.02. The van der Waals surface area contributed by atoms with E-state index >= 15 is 0 Å². The zero-order valence-electron chi connectivity index (χ0n) is 10.0. The third-order valence-electron chi connectivity index (χ3n) is 3.68. The minimum Gasteiger partial charge on any atom is -0.388 e. The first-order valence-corrected chi connectivity index (χ1v) is 5.85. The van der Waals surface area contributed by atoms with Crippen molar-refractivity contribution >= 4 is 0 Å². The van der Waals surface area contributed by atoms with Crippen LogP contribution < -0.4 is 0 Å². The van der Waals surface area contributed by atoms with E-state index in [-0.39, 0.29) is 5.92 Å². The third-order valence-corrected chi connectivity index (χ3v) is 3.68. The molecular formula is C12H22N2O. The molecule has 1 fully saturated rings. The van der Waals surface area contributed by atoms with Gasteiger partial charge in [-0.2, -0.15) is 5.26 Å². The van der Waals surface area contributed by atoms with Gasteiger partial charge in [0.2, 0.25) is 0 Å². The number of hydrogen-bond donors (Lipinski definition) is 1. The third kappa shape index (κ3) is 2.70. The molecular weight excluding hydrogens is 188 g/mol. The quantitative estimate of drug-likeness (QED) is 0.772. The van der Waals surface area contributed by atoms with Crippen LogP contribution in [-0.2, 0) is 0 Å². The van der Waals surface area contributed by atoms with Crippen molar-refractivity contribution in [2.24, 2.45) is 5.92 Å². The Morgan fingerprint density at radius 2 is 2.33 bits per heavy atom. The Morgan fingerprint density at radius 3 is 2.80 bits per heavy atom. The van der Waals surface area contributed by atoms with Crippen LogP contribution in [0.2, 0.25) is 0 Å². The fraction of sp³-hybridized carbons (Fsp3) is 0.917. The van der Waals surface area contributed by atoms with Crippen LogP contribution in [0.3, 0.4) is 0 Å². The number of aliphatic hydroxyl groups is 1. The van der Waals surface area contributed by atoms with Crippen LogP contribution in [0.15, 0.2) is 0 Å². The van der Waals surface area contributed by atoms with Gasteiger partial charge in [0.1, 0.15) is 0 Å². The van der Waals surface area contributed by atoms with Gasteiger partial charge < -0.3 is 10.0 Å². The molecule has 1 rings (SSSR count). The van der Waals surface area contributed by atoms with E-state index < -0.39 is 5.60 Å². The van der Waals surface area contributed by atoms with Crippen molar-refractivity contribution in [2.45, 2.75) is 51.2 Å². The van der Waals surface area contributed by atoms with Gasteiger partial charge >= 0.3 is 0 Å². The van der Waals surface area contributed by atoms with Gasteiger partial charge in [-0.05, 0) is 33.2 Å². The lowest BCUT2D eigenvalue weighted by Gasteiger charge is -2.43. The van der Waals surface area contributed by atoms with Crippen molar-refractivity contribution in [1.82, 2.24) is 4.90 Å². The Kier molecular flexibility index (Phi) is 4.12. The second kappa shape index (κ2) is 4.96. The topological polar surface area (TPSA) is 47.3 Å². The molecule has 1 saturated heterocycles. The van der Waals surface area contributed by atoms with Crippen LogP contribution in [0.5, 0.6) is 0 Å². The molecule has 1 heterocycles. The van der Waals surface area contributed by atoms with Crippen LogP contribution in [0, 0.1) is 17.2 Å². The highest BCUT2D eigenvalue weighted by atomic mass is 16.3. The number of piperidine rings is 1. The minimum atomic E-state index is -0.753. The summed E-state index contributed by atoms with van der Waals surface area (Å²) in [5, 5.41) is 19.6. The molecule has 3 nitrogen and oxygen atoms in total. The highest BCUT2D eigenvalue weighted by Gasteiger charge is 2.41. The van der Waals surface area contributed by atoms with E-state index in [9.17, 15) is 5.11 Å². The van der Waals surface area contributed by atoms with Crippen molar-refractivity contribution in [1.29, 1.82) is 5.26 Å². The maximum absolute atomic E-state index is 10.5. The number of nitriles is 1. The molecule has 3 unspecified atom stereocenters. The lowest BCUT2D eigenvalue weighted by atomic mass is 9.76. The van der Waals surface area contributed by atoms with Crippen molar-refractivity contribution in [3.05, 3.63) is 0 Å². The van der Waals surface area contributed by atoms with Crippen LogP contribution in [0.4, 0.5) is 0 Å². The summed E-state index contributed by atoms with van der Waals surface area (Å²) < 4.78 is 0. The molecule has 3 atom stereocenters. The maximum Gasteiger partial charge on any atom is 0.0832 e. The molecule has 0 saturated carbocycles. The highest BCUT2D eigenvalue weighted by Crippen LogP contribution is 2.34. The molecule has 0 aromatic heterocycles. The Morgan fingerprint density at radius 1 is 1.67 bits per heavy atom. The largest absolute Gasteiger partial charge is 0.388 e. The van der Waals surface area contributed by atoms with Crippen molar-refractivity contribution in [2.75, 3.05) is 13.6 Å². The summed E-state index contributed by atoms with van der Waals surface area (Å²) >= 11 is 0. The van der Waals surface area contributed by atoms with Crippen LogP contribution in [0.25, 0.3) is 0 Å². The second-order valence-electron chi connectivity index (χ2n) is 4.86. The standard InChI is InChI=1S/C12H22N2O/c1-4-5-11(9-13)12(15)6-7-14(3)10(2)8-12/h10-11,15H,4-8H2,1-3H3. The Bertz CT molecular complexity index is 248. The molecule has 15 heavy (non-hydrogen) atoms. The van der Waals surface area contributed by atoms with E-state index in [1.54, 1.807) is 0 Å². The van der Waals surface area contributed by atoms with Gasteiger partial charge in [0.25, 0.3) is 0 Å². The molecule has 0 bridgehead atoms. The molecule has 1 aliphatic heterocycles. The van der Waals surface area contributed by atoms with Crippen LogP contribution >= 0.6 is 0 Å². The van der Waals surface area contributed by atoms with Gasteiger partial charge in [-0.15, -0.1) is 0 Å². The van der Waals surface area contributed by atoms with Crippen LogP contribution in [0.1, 0.15) is 39.5 Å². The average Bonchev–Trinajstić information content (AvgIpc) is 2.20. The first-order chi connectivity index (χ1) is 7.03. The average molecular weight is 210 g/mol. The number of likely N-dealkylation sites (tertiary alicyclic amines) is 1. The number of hydrogen-bond acceptors (Lipinski definition) is 3. The summed E-state index contributed by atoms with van der Waals surface area (Å²) in [6, 6.07) is 2.65. The molecule has 1 N–H and O–H groups in total. The van der Waals surface area contributed by atoms with Gasteiger partial charge in [-0.1, -0.05) is 13.3 Å². The molecule has 0 spiro atoms. The Balaban J connectivity index is 2.69. The van der Waals surface area contributed by atoms with Gasteiger partial charge in [0.15, 0.2) is 0 Å². The van der Waals surface area contributed by atoms with Gasteiger partial charge in [0.05, 0.1) is 17.6 Å². The molecule has 86 valence electrons. The normalized spacial score (nSPS) is 34.7. The molecule has 1 aliphatic rings. The second-order valence-corrected chi connectivity index (χ2v) is 4.86. The molecule has 0 amide bonds. The summed E-state index contributed by atoms with van der Waals surface area (Å²) in [7, 11) is 2.07. The first kappa shape index (κ1) is 12.5. The first-order valence-electron chi connectivity index (χ1n) is 5.85. The fourth-order valence-electron chi connectivity index (χ4n) is 2.42. The van der Waals surface area contributed by atoms with Crippen molar-refractivity contribution < 1.29 is 5.11 Å². The van der Waals surface area contributed by atoms with E-state index in [1.807, 2.05) is 0 Å². The van der Waals surface area contributed by atoms with Gasteiger partial charge in [-0.3, -0.25) is 0 Å². The Hall–Kier alpha value is -0.590. The molecule has 0 radical (unpaired) electrons. The van der Waals surface area contributed by atoms with Crippen LogP contribution in [-0.4, -0.2) is 35.2 Å². The Labute approximate surface area is 92.7 Å². The van der Waals surface area contributed by atoms with Crippen molar-refractivity contribution in [3.63, 3.8) is 0 Å².